The van der Waals surface area contributed by atoms with E-state index in [9.17, 15) is 10.2 Å². The Morgan fingerprint density at radius 2 is 1.75 bits per heavy atom. The average Bonchev–Trinajstić information content (AvgIpc) is 2.29. The fourth-order valence-electron chi connectivity index (χ4n) is 1.68. The Balaban J connectivity index is 2.48. The van der Waals surface area contributed by atoms with Crippen molar-refractivity contribution in [2.45, 2.75) is 44.6 Å². The van der Waals surface area contributed by atoms with E-state index in [-0.39, 0.29) is 19.3 Å². The van der Waals surface area contributed by atoms with Gasteiger partial charge in [0.05, 0.1) is 38.0 Å². The highest BCUT2D eigenvalue weighted by Crippen LogP contribution is 2.19. The maximum atomic E-state index is 9.31. The molecule has 0 aromatic rings. The Labute approximate surface area is 96.7 Å². The first-order valence-electron chi connectivity index (χ1n) is 5.74. The highest BCUT2D eigenvalue weighted by Gasteiger charge is 2.34. The smallest absolute Gasteiger partial charge is 0.162 e. The van der Waals surface area contributed by atoms with Crippen LogP contribution in [0.3, 0.4) is 0 Å². The number of hydrogen-bond acceptors (Lipinski definition) is 5. The molecule has 0 aromatic carbocycles. The zero-order chi connectivity index (χ0) is 12.2. The third kappa shape index (κ3) is 3.40. The summed E-state index contributed by atoms with van der Waals surface area (Å²) in [6.07, 6.45) is 0.653. The standard InChI is InChI=1S/C11H23NO4/c1-4-11(7-13,8-14)12-9-5-15-10(2,3)16-6-9/h9,12-14H,4-8H2,1-3H3. The van der Waals surface area contributed by atoms with E-state index in [1.165, 1.54) is 0 Å². The van der Waals surface area contributed by atoms with Crippen LogP contribution in [0, 0.1) is 0 Å². The molecule has 1 heterocycles. The van der Waals surface area contributed by atoms with Crippen LogP contribution in [0.4, 0.5) is 0 Å². The van der Waals surface area contributed by atoms with Crippen molar-refractivity contribution in [3.05, 3.63) is 0 Å². The molecule has 0 radical (unpaired) electrons. The van der Waals surface area contributed by atoms with Crippen LogP contribution in [0.5, 0.6) is 0 Å². The molecule has 16 heavy (non-hydrogen) atoms. The molecule has 1 aliphatic rings. The van der Waals surface area contributed by atoms with E-state index in [0.717, 1.165) is 0 Å². The lowest BCUT2D eigenvalue weighted by Crippen LogP contribution is -2.60. The summed E-state index contributed by atoms with van der Waals surface area (Å²) in [4.78, 5) is 0. The summed E-state index contributed by atoms with van der Waals surface area (Å²) in [6, 6.07) is 0.00674. The average molecular weight is 233 g/mol. The summed E-state index contributed by atoms with van der Waals surface area (Å²) >= 11 is 0. The van der Waals surface area contributed by atoms with Crippen LogP contribution in [-0.2, 0) is 9.47 Å². The van der Waals surface area contributed by atoms with Crippen LogP contribution in [0.15, 0.2) is 0 Å². The molecular weight excluding hydrogens is 210 g/mol. The molecular formula is C11H23NO4. The van der Waals surface area contributed by atoms with E-state index in [1.54, 1.807) is 0 Å². The van der Waals surface area contributed by atoms with Gasteiger partial charge in [0, 0.05) is 0 Å². The molecule has 0 bridgehead atoms. The molecule has 0 unspecified atom stereocenters. The first-order valence-corrected chi connectivity index (χ1v) is 5.74. The normalized spacial score (nSPS) is 22.3. The Kier molecular flexibility index (Phi) is 4.70. The molecule has 96 valence electrons. The Morgan fingerprint density at radius 3 is 2.12 bits per heavy atom. The largest absolute Gasteiger partial charge is 0.394 e. The number of ether oxygens (including phenoxy) is 2. The molecule has 1 fully saturated rings. The summed E-state index contributed by atoms with van der Waals surface area (Å²) in [5, 5.41) is 21.8. The zero-order valence-corrected chi connectivity index (χ0v) is 10.3. The van der Waals surface area contributed by atoms with E-state index in [0.29, 0.717) is 19.6 Å². The molecule has 1 rings (SSSR count). The Hall–Kier alpha value is -0.200. The number of nitrogens with one attached hydrogen (secondary N) is 1. The number of rotatable bonds is 5. The van der Waals surface area contributed by atoms with Crippen LogP contribution in [0.2, 0.25) is 0 Å². The molecule has 0 aromatic heterocycles. The Morgan fingerprint density at radius 1 is 1.25 bits per heavy atom. The molecule has 5 heteroatoms. The summed E-state index contributed by atoms with van der Waals surface area (Å²) in [5.74, 6) is -0.536. The van der Waals surface area contributed by atoms with Gasteiger partial charge in [0.25, 0.3) is 0 Å². The lowest BCUT2D eigenvalue weighted by Gasteiger charge is -2.40. The quantitative estimate of drug-likeness (QED) is 0.616. The molecule has 0 amide bonds. The SMILES string of the molecule is CCC(CO)(CO)NC1COC(C)(C)OC1. The lowest BCUT2D eigenvalue weighted by atomic mass is 9.97. The third-order valence-corrected chi connectivity index (χ3v) is 3.06. The maximum Gasteiger partial charge on any atom is 0.162 e. The zero-order valence-electron chi connectivity index (χ0n) is 10.3. The molecule has 0 aliphatic carbocycles. The van der Waals surface area contributed by atoms with Crippen LogP contribution in [0.25, 0.3) is 0 Å². The van der Waals surface area contributed by atoms with Crippen LogP contribution in [0.1, 0.15) is 27.2 Å². The molecule has 5 nitrogen and oxygen atoms in total. The van der Waals surface area contributed by atoms with Gasteiger partial charge in [0.15, 0.2) is 5.79 Å². The number of hydrogen-bond donors (Lipinski definition) is 3. The van der Waals surface area contributed by atoms with Crippen LogP contribution in [-0.4, -0.2) is 54.0 Å². The summed E-state index contributed by atoms with van der Waals surface area (Å²) in [7, 11) is 0. The van der Waals surface area contributed by atoms with Crippen molar-refractivity contribution in [2.75, 3.05) is 26.4 Å². The minimum absolute atomic E-state index is 0.00674. The second-order valence-corrected chi connectivity index (χ2v) is 4.81. The molecule has 1 aliphatic heterocycles. The summed E-state index contributed by atoms with van der Waals surface area (Å²) in [5.41, 5.74) is -0.640. The maximum absolute atomic E-state index is 9.31. The van der Waals surface area contributed by atoms with E-state index < -0.39 is 11.3 Å². The lowest BCUT2D eigenvalue weighted by molar-refractivity contribution is -0.255. The van der Waals surface area contributed by atoms with E-state index in [1.807, 2.05) is 20.8 Å². The second kappa shape index (κ2) is 5.42. The minimum atomic E-state index is -0.640. The van der Waals surface area contributed by atoms with Crippen molar-refractivity contribution in [1.29, 1.82) is 0 Å². The second-order valence-electron chi connectivity index (χ2n) is 4.81. The van der Waals surface area contributed by atoms with Gasteiger partial charge in [-0.15, -0.1) is 0 Å². The van der Waals surface area contributed by atoms with Crippen LogP contribution < -0.4 is 5.32 Å². The predicted octanol–water partition coefficient (Wildman–Crippen LogP) is -0.139. The molecule has 0 spiro atoms. The summed E-state index contributed by atoms with van der Waals surface area (Å²) in [6.45, 7) is 6.51. The topological polar surface area (TPSA) is 71.0 Å². The van der Waals surface area contributed by atoms with Gasteiger partial charge in [-0.05, 0) is 20.3 Å². The van der Waals surface area contributed by atoms with E-state index in [2.05, 4.69) is 5.32 Å². The van der Waals surface area contributed by atoms with Crippen molar-refractivity contribution in [3.63, 3.8) is 0 Å². The molecule has 3 N–H and O–H groups in total. The number of aliphatic hydroxyl groups excluding tert-OH is 2. The first kappa shape index (κ1) is 13.9. The fraction of sp³-hybridized carbons (Fsp3) is 1.00. The van der Waals surface area contributed by atoms with Gasteiger partial charge in [0.2, 0.25) is 0 Å². The van der Waals surface area contributed by atoms with Crippen molar-refractivity contribution in [3.8, 4) is 0 Å². The van der Waals surface area contributed by atoms with Crippen molar-refractivity contribution in [1.82, 2.24) is 5.32 Å². The van der Waals surface area contributed by atoms with Crippen molar-refractivity contribution >= 4 is 0 Å². The van der Waals surface area contributed by atoms with Gasteiger partial charge in [0.1, 0.15) is 0 Å². The van der Waals surface area contributed by atoms with Gasteiger partial charge in [-0.25, -0.2) is 0 Å². The van der Waals surface area contributed by atoms with Gasteiger partial charge in [-0.1, -0.05) is 6.92 Å². The summed E-state index contributed by atoms with van der Waals surface area (Å²) < 4.78 is 11.0. The molecule has 1 saturated heterocycles. The van der Waals surface area contributed by atoms with Crippen molar-refractivity contribution in [2.24, 2.45) is 0 Å². The van der Waals surface area contributed by atoms with Gasteiger partial charge >= 0.3 is 0 Å². The molecule has 0 saturated carbocycles. The number of aliphatic hydroxyl groups is 2. The predicted molar refractivity (Wildman–Crippen MR) is 60.1 cm³/mol. The van der Waals surface area contributed by atoms with E-state index >= 15 is 0 Å². The highest BCUT2D eigenvalue weighted by molar-refractivity contribution is 4.90. The van der Waals surface area contributed by atoms with Gasteiger partial charge in [-0.2, -0.15) is 0 Å². The third-order valence-electron chi connectivity index (χ3n) is 3.06. The Bertz CT molecular complexity index is 198. The monoisotopic (exact) mass is 233 g/mol. The van der Waals surface area contributed by atoms with E-state index in [4.69, 9.17) is 9.47 Å². The van der Waals surface area contributed by atoms with Crippen molar-refractivity contribution < 1.29 is 19.7 Å². The highest BCUT2D eigenvalue weighted by atomic mass is 16.7. The van der Waals surface area contributed by atoms with Crippen LogP contribution >= 0.6 is 0 Å². The minimum Gasteiger partial charge on any atom is -0.394 e. The fourth-order valence-corrected chi connectivity index (χ4v) is 1.68. The van der Waals surface area contributed by atoms with Gasteiger partial charge in [-0.3, -0.25) is 0 Å². The van der Waals surface area contributed by atoms with Gasteiger partial charge < -0.3 is 25.0 Å². The first-order chi connectivity index (χ1) is 7.47. The molecule has 0 atom stereocenters.